The van der Waals surface area contributed by atoms with E-state index in [1.165, 1.54) is 10.6 Å². The van der Waals surface area contributed by atoms with E-state index in [1.54, 1.807) is 27.6 Å². The zero-order chi connectivity index (χ0) is 13.4. The lowest BCUT2D eigenvalue weighted by atomic mass is 10.4. The van der Waals surface area contributed by atoms with Crippen LogP contribution in [0.25, 0.3) is 0 Å². The number of nitrogens with zero attached hydrogens (tertiary/aromatic N) is 3. The fraction of sp³-hybridized carbons (Fsp3) is 0.385. The Bertz CT molecular complexity index is 706. The fourth-order valence-corrected chi connectivity index (χ4v) is 2.17. The van der Waals surface area contributed by atoms with Crippen LogP contribution in [-0.4, -0.2) is 13.7 Å². The molecule has 0 amide bonds. The molecule has 2 aromatic heterocycles. The average Bonchev–Trinajstić information content (AvgIpc) is 3.16. The SMILES string of the molecule is Nc1ccc(=O)n(CCn2ccn(C3CC3)c2=O)c1. The molecule has 1 aliphatic carbocycles. The molecule has 2 N–H and O–H groups in total. The van der Waals surface area contributed by atoms with Crippen molar-refractivity contribution < 1.29 is 0 Å². The van der Waals surface area contributed by atoms with Crippen molar-refractivity contribution in [3.05, 3.63) is 51.6 Å². The first kappa shape index (κ1) is 11.8. The van der Waals surface area contributed by atoms with Crippen molar-refractivity contribution in [2.24, 2.45) is 0 Å². The summed E-state index contributed by atoms with van der Waals surface area (Å²) in [7, 11) is 0. The predicted molar refractivity (Wildman–Crippen MR) is 72.1 cm³/mol. The minimum absolute atomic E-state index is 0.000507. The van der Waals surface area contributed by atoms with Crippen LogP contribution in [0.15, 0.2) is 40.3 Å². The van der Waals surface area contributed by atoms with Gasteiger partial charge < -0.3 is 10.3 Å². The van der Waals surface area contributed by atoms with Crippen molar-refractivity contribution in [3.8, 4) is 0 Å². The maximum Gasteiger partial charge on any atom is 0.328 e. The van der Waals surface area contributed by atoms with Gasteiger partial charge in [-0.1, -0.05) is 0 Å². The number of pyridine rings is 1. The second kappa shape index (κ2) is 4.46. The third-order valence-electron chi connectivity index (χ3n) is 3.40. The average molecular weight is 260 g/mol. The second-order valence-corrected chi connectivity index (χ2v) is 4.91. The molecule has 1 aliphatic rings. The monoisotopic (exact) mass is 260 g/mol. The Morgan fingerprint density at radius 1 is 1.11 bits per heavy atom. The first-order valence-electron chi connectivity index (χ1n) is 6.38. The van der Waals surface area contributed by atoms with Gasteiger partial charge in [-0.2, -0.15) is 0 Å². The van der Waals surface area contributed by atoms with E-state index in [0.717, 1.165) is 12.8 Å². The van der Waals surface area contributed by atoms with Gasteiger partial charge in [0.2, 0.25) is 0 Å². The lowest BCUT2D eigenvalue weighted by molar-refractivity contribution is 0.540. The smallest absolute Gasteiger partial charge is 0.328 e. The molecular weight excluding hydrogens is 244 g/mol. The van der Waals surface area contributed by atoms with Gasteiger partial charge >= 0.3 is 5.69 Å². The molecule has 3 rings (SSSR count). The Kier molecular flexibility index (Phi) is 2.77. The molecule has 0 atom stereocenters. The van der Waals surface area contributed by atoms with Crippen LogP contribution in [0, 0.1) is 0 Å². The van der Waals surface area contributed by atoms with Crippen LogP contribution in [0.1, 0.15) is 18.9 Å². The van der Waals surface area contributed by atoms with Gasteiger partial charge in [0.25, 0.3) is 5.56 Å². The molecule has 0 aromatic carbocycles. The molecule has 6 nitrogen and oxygen atoms in total. The summed E-state index contributed by atoms with van der Waals surface area (Å²) in [5.41, 5.74) is 6.08. The van der Waals surface area contributed by atoms with Gasteiger partial charge in [0.1, 0.15) is 0 Å². The zero-order valence-electron chi connectivity index (χ0n) is 10.5. The summed E-state index contributed by atoms with van der Waals surface area (Å²) in [4.78, 5) is 23.7. The number of nitrogen functional groups attached to an aromatic ring is 1. The van der Waals surface area contributed by atoms with Crippen LogP contribution in [-0.2, 0) is 13.1 Å². The van der Waals surface area contributed by atoms with Gasteiger partial charge in [0.15, 0.2) is 0 Å². The van der Waals surface area contributed by atoms with Gasteiger partial charge in [-0.3, -0.25) is 13.9 Å². The van der Waals surface area contributed by atoms with Crippen LogP contribution in [0.5, 0.6) is 0 Å². The molecule has 100 valence electrons. The van der Waals surface area contributed by atoms with Crippen molar-refractivity contribution in [1.82, 2.24) is 13.7 Å². The predicted octanol–water partition coefficient (Wildman–Crippen LogP) is 0.429. The van der Waals surface area contributed by atoms with E-state index in [0.29, 0.717) is 24.8 Å². The molecule has 1 fully saturated rings. The number of rotatable bonds is 4. The van der Waals surface area contributed by atoms with Crippen LogP contribution in [0.4, 0.5) is 5.69 Å². The number of hydrogen-bond donors (Lipinski definition) is 1. The van der Waals surface area contributed by atoms with E-state index in [-0.39, 0.29) is 11.2 Å². The summed E-state index contributed by atoms with van der Waals surface area (Å²) in [6.07, 6.45) is 7.36. The Balaban J connectivity index is 1.77. The summed E-state index contributed by atoms with van der Waals surface area (Å²) in [6, 6.07) is 3.39. The van der Waals surface area contributed by atoms with Gasteiger partial charge in [-0.25, -0.2) is 4.79 Å². The highest BCUT2D eigenvalue weighted by atomic mass is 16.2. The maximum atomic E-state index is 12.0. The van der Waals surface area contributed by atoms with E-state index >= 15 is 0 Å². The first-order valence-corrected chi connectivity index (χ1v) is 6.38. The minimum atomic E-state index is -0.108. The molecular formula is C13H16N4O2. The molecule has 0 unspecified atom stereocenters. The van der Waals surface area contributed by atoms with Gasteiger partial charge in [-0.05, 0) is 18.9 Å². The number of aromatic nitrogens is 3. The Labute approximate surface area is 109 Å². The van der Waals surface area contributed by atoms with Crippen LogP contribution < -0.4 is 17.0 Å². The first-order chi connectivity index (χ1) is 9.15. The highest BCUT2D eigenvalue weighted by Crippen LogP contribution is 2.33. The minimum Gasteiger partial charge on any atom is -0.398 e. The summed E-state index contributed by atoms with van der Waals surface area (Å²) in [5, 5.41) is 0. The van der Waals surface area contributed by atoms with Crippen molar-refractivity contribution in [2.45, 2.75) is 32.0 Å². The molecule has 0 saturated heterocycles. The van der Waals surface area contributed by atoms with Gasteiger partial charge in [-0.15, -0.1) is 0 Å². The number of anilines is 1. The van der Waals surface area contributed by atoms with E-state index in [2.05, 4.69) is 0 Å². The summed E-state index contributed by atoms with van der Waals surface area (Å²) >= 11 is 0. The summed E-state index contributed by atoms with van der Waals surface area (Å²) in [5.74, 6) is 0. The van der Waals surface area contributed by atoms with Crippen molar-refractivity contribution in [1.29, 1.82) is 0 Å². The molecule has 0 bridgehead atoms. The Hall–Kier alpha value is -2.24. The lowest BCUT2D eigenvalue weighted by Gasteiger charge is -2.06. The lowest BCUT2D eigenvalue weighted by Crippen LogP contribution is -2.27. The van der Waals surface area contributed by atoms with Crippen molar-refractivity contribution >= 4 is 5.69 Å². The molecule has 2 aromatic rings. The summed E-state index contributed by atoms with van der Waals surface area (Å²) < 4.78 is 4.92. The number of nitrogens with two attached hydrogens (primary N) is 1. The van der Waals surface area contributed by atoms with Crippen LogP contribution in [0.2, 0.25) is 0 Å². The van der Waals surface area contributed by atoms with E-state index < -0.39 is 0 Å². The van der Waals surface area contributed by atoms with Gasteiger partial charge in [0.05, 0.1) is 0 Å². The molecule has 6 heteroatoms. The zero-order valence-corrected chi connectivity index (χ0v) is 10.5. The third kappa shape index (κ3) is 2.33. The highest BCUT2D eigenvalue weighted by Gasteiger charge is 2.25. The molecule has 0 spiro atoms. The van der Waals surface area contributed by atoms with Crippen LogP contribution >= 0.6 is 0 Å². The van der Waals surface area contributed by atoms with Crippen molar-refractivity contribution in [3.63, 3.8) is 0 Å². The maximum absolute atomic E-state index is 12.0. The molecule has 1 saturated carbocycles. The topological polar surface area (TPSA) is 75.0 Å². The number of aryl methyl sites for hydroxylation is 2. The van der Waals surface area contributed by atoms with Crippen LogP contribution in [0.3, 0.4) is 0 Å². The molecule has 2 heterocycles. The van der Waals surface area contributed by atoms with E-state index in [9.17, 15) is 9.59 Å². The van der Waals surface area contributed by atoms with Crippen molar-refractivity contribution in [2.75, 3.05) is 5.73 Å². The largest absolute Gasteiger partial charge is 0.398 e. The molecule has 19 heavy (non-hydrogen) atoms. The normalized spacial score (nSPS) is 14.7. The highest BCUT2D eigenvalue weighted by molar-refractivity contribution is 5.33. The Morgan fingerprint density at radius 2 is 1.84 bits per heavy atom. The quantitative estimate of drug-likeness (QED) is 0.866. The number of hydrogen-bond acceptors (Lipinski definition) is 3. The van der Waals surface area contributed by atoms with E-state index in [1.807, 2.05) is 6.20 Å². The van der Waals surface area contributed by atoms with E-state index in [4.69, 9.17) is 5.73 Å². The van der Waals surface area contributed by atoms with Gasteiger partial charge in [0, 0.05) is 49.5 Å². The second-order valence-electron chi connectivity index (χ2n) is 4.91. The standard InChI is InChI=1S/C13H16N4O2/c14-10-1-4-12(18)16(9-10)6-5-15-7-8-17(13(15)19)11-2-3-11/h1,4,7-9,11H,2-3,5-6,14H2. The fourth-order valence-electron chi connectivity index (χ4n) is 2.17. The summed E-state index contributed by atoms with van der Waals surface area (Å²) in [6.45, 7) is 0.917. The number of imidazole rings is 1. The molecule has 0 aliphatic heterocycles. The Morgan fingerprint density at radius 3 is 2.58 bits per heavy atom. The molecule has 0 radical (unpaired) electrons. The third-order valence-corrected chi connectivity index (χ3v) is 3.40.